The van der Waals surface area contributed by atoms with Gasteiger partial charge in [0.25, 0.3) is 5.92 Å². The molecule has 0 unspecified atom stereocenters. The van der Waals surface area contributed by atoms with Gasteiger partial charge in [0.05, 0.1) is 12.0 Å². The van der Waals surface area contributed by atoms with Crippen LogP contribution in [0, 0.1) is 5.41 Å². The van der Waals surface area contributed by atoms with E-state index in [0.29, 0.717) is 31.6 Å². The summed E-state index contributed by atoms with van der Waals surface area (Å²) in [4.78, 5) is 6.53. The van der Waals surface area contributed by atoms with Gasteiger partial charge in [-0.15, -0.1) is 0 Å². The Morgan fingerprint density at radius 2 is 1.68 bits per heavy atom. The van der Waals surface area contributed by atoms with Crippen LogP contribution in [-0.2, 0) is 0 Å². The lowest BCUT2D eigenvalue weighted by Gasteiger charge is -2.59. The molecule has 0 aliphatic carbocycles. The lowest BCUT2D eigenvalue weighted by atomic mass is 9.69. The van der Waals surface area contributed by atoms with Crippen molar-refractivity contribution in [1.29, 1.82) is 0 Å². The maximum Gasteiger partial charge on any atom is 0.268 e. The summed E-state index contributed by atoms with van der Waals surface area (Å²) in [6, 6.07) is 0.885. The summed E-state index contributed by atoms with van der Waals surface area (Å²) in [5.41, 5.74) is -0.721. The van der Waals surface area contributed by atoms with E-state index in [2.05, 4.69) is 30.6 Å². The van der Waals surface area contributed by atoms with E-state index in [-0.39, 0.29) is 6.54 Å². The molecule has 22 heavy (non-hydrogen) atoms. The van der Waals surface area contributed by atoms with Gasteiger partial charge in [-0.25, -0.2) is 8.78 Å². The van der Waals surface area contributed by atoms with Crippen molar-refractivity contribution in [3.05, 3.63) is 0 Å². The first-order valence-electron chi connectivity index (χ1n) is 8.95. The normalized spacial score (nSPS) is 28.9. The summed E-state index contributed by atoms with van der Waals surface area (Å²) in [6.07, 6.45) is 0.661. The molecule has 3 heterocycles. The van der Waals surface area contributed by atoms with Gasteiger partial charge < -0.3 is 4.90 Å². The highest BCUT2D eigenvalue weighted by atomic mass is 19.3. The van der Waals surface area contributed by atoms with Gasteiger partial charge in [-0.2, -0.15) is 0 Å². The van der Waals surface area contributed by atoms with Crippen molar-refractivity contribution in [2.24, 2.45) is 5.41 Å². The quantitative estimate of drug-likeness (QED) is 0.792. The Morgan fingerprint density at radius 1 is 1.09 bits per heavy atom. The third-order valence-electron chi connectivity index (χ3n) is 5.69. The summed E-state index contributed by atoms with van der Waals surface area (Å²) >= 11 is 0. The van der Waals surface area contributed by atoms with Gasteiger partial charge in [0.2, 0.25) is 0 Å². The molecule has 0 aromatic rings. The average molecular weight is 317 g/mol. The molecule has 0 aromatic carbocycles. The Balaban J connectivity index is 0.000000847. The zero-order valence-electron chi connectivity index (χ0n) is 14.9. The number of alkyl halides is 2. The molecule has 0 amide bonds. The van der Waals surface area contributed by atoms with Crippen LogP contribution in [0.3, 0.4) is 0 Å². The molecule has 0 saturated carbocycles. The monoisotopic (exact) mass is 317 g/mol. The second-order valence-corrected chi connectivity index (χ2v) is 7.21. The van der Waals surface area contributed by atoms with E-state index < -0.39 is 11.3 Å². The Morgan fingerprint density at radius 3 is 2.14 bits per heavy atom. The third kappa shape index (κ3) is 3.04. The van der Waals surface area contributed by atoms with Crippen LogP contribution in [-0.4, -0.2) is 78.5 Å². The summed E-state index contributed by atoms with van der Waals surface area (Å²) in [6.45, 7) is 15.2. The molecule has 0 aromatic heterocycles. The van der Waals surface area contributed by atoms with Gasteiger partial charge >= 0.3 is 0 Å². The molecular weight excluding hydrogens is 284 g/mol. The molecule has 5 heteroatoms. The van der Waals surface area contributed by atoms with E-state index in [0.717, 1.165) is 26.2 Å². The Labute approximate surface area is 134 Å². The van der Waals surface area contributed by atoms with Crippen molar-refractivity contribution < 1.29 is 8.78 Å². The summed E-state index contributed by atoms with van der Waals surface area (Å²) < 4.78 is 29.1. The van der Waals surface area contributed by atoms with Gasteiger partial charge in [0, 0.05) is 38.3 Å². The van der Waals surface area contributed by atoms with Crippen molar-refractivity contribution in [3.8, 4) is 0 Å². The van der Waals surface area contributed by atoms with Crippen LogP contribution < -0.4 is 0 Å². The third-order valence-corrected chi connectivity index (χ3v) is 5.69. The molecule has 0 bridgehead atoms. The van der Waals surface area contributed by atoms with E-state index in [1.165, 1.54) is 0 Å². The minimum atomic E-state index is -2.52. The zero-order chi connectivity index (χ0) is 16.5. The first kappa shape index (κ1) is 18.1. The van der Waals surface area contributed by atoms with Crippen LogP contribution in [0.5, 0.6) is 0 Å². The predicted octanol–water partition coefficient (Wildman–Crippen LogP) is 2.77. The second-order valence-electron chi connectivity index (χ2n) is 7.21. The molecule has 3 aliphatic rings. The molecule has 3 nitrogen and oxygen atoms in total. The van der Waals surface area contributed by atoms with E-state index in [9.17, 15) is 8.78 Å². The van der Waals surface area contributed by atoms with Crippen molar-refractivity contribution in [2.45, 2.75) is 59.0 Å². The van der Waals surface area contributed by atoms with E-state index in [1.54, 1.807) is 0 Å². The van der Waals surface area contributed by atoms with E-state index in [4.69, 9.17) is 0 Å². The van der Waals surface area contributed by atoms with Crippen LogP contribution in [0.15, 0.2) is 0 Å². The molecule has 3 fully saturated rings. The number of halogens is 2. The Kier molecular flexibility index (Phi) is 5.50. The lowest BCUT2D eigenvalue weighted by molar-refractivity contribution is -0.232. The van der Waals surface area contributed by atoms with Crippen LogP contribution in [0.4, 0.5) is 8.78 Å². The summed E-state index contributed by atoms with van der Waals surface area (Å²) in [5, 5.41) is 0. The number of hydrogen-bond acceptors (Lipinski definition) is 3. The fourth-order valence-corrected chi connectivity index (χ4v) is 3.92. The van der Waals surface area contributed by atoms with E-state index in [1.807, 2.05) is 18.7 Å². The highest BCUT2D eigenvalue weighted by Crippen LogP contribution is 2.50. The molecule has 0 radical (unpaired) electrons. The Hall–Kier alpha value is -0.260. The van der Waals surface area contributed by atoms with Crippen molar-refractivity contribution in [1.82, 2.24) is 14.7 Å². The number of piperidine rings is 1. The minimum Gasteiger partial charge on any atom is -0.302 e. The highest BCUT2D eigenvalue weighted by molar-refractivity contribution is 5.09. The van der Waals surface area contributed by atoms with Crippen molar-refractivity contribution >= 4 is 0 Å². The minimum absolute atomic E-state index is 0.0266. The molecule has 1 spiro atoms. The van der Waals surface area contributed by atoms with Crippen LogP contribution in [0.1, 0.15) is 41.0 Å². The maximum absolute atomic E-state index is 14.6. The first-order valence-corrected chi connectivity index (χ1v) is 8.95. The summed E-state index contributed by atoms with van der Waals surface area (Å²) in [7, 11) is 0. The standard InChI is InChI=1S/C15H27F2N3.C2H6/c1-4-18-9-14(10-18)5-6-19(11-15(14,16)17)13-7-20(8-13)12(2)3;1-2/h12-13H,4-11H2,1-3H3;1-2H3. The summed E-state index contributed by atoms with van der Waals surface area (Å²) in [5.74, 6) is -2.52. The van der Waals surface area contributed by atoms with Gasteiger partial charge in [-0.1, -0.05) is 20.8 Å². The molecule has 3 saturated heterocycles. The molecule has 130 valence electrons. The molecular formula is C17H33F2N3. The topological polar surface area (TPSA) is 9.72 Å². The number of nitrogens with zero attached hydrogens (tertiary/aromatic N) is 3. The SMILES string of the molecule is CC.CCN1CC2(CCN(C3CN(C(C)C)C3)CC2(F)F)C1. The van der Waals surface area contributed by atoms with Gasteiger partial charge in [-0.05, 0) is 33.4 Å². The Bertz CT molecular complexity index is 361. The van der Waals surface area contributed by atoms with Crippen LogP contribution >= 0.6 is 0 Å². The second kappa shape index (κ2) is 6.70. The van der Waals surface area contributed by atoms with Crippen molar-refractivity contribution in [2.75, 3.05) is 45.8 Å². The zero-order valence-corrected chi connectivity index (χ0v) is 14.9. The lowest BCUT2D eigenvalue weighted by Crippen LogP contribution is -2.73. The molecule has 0 atom stereocenters. The van der Waals surface area contributed by atoms with Crippen molar-refractivity contribution in [3.63, 3.8) is 0 Å². The van der Waals surface area contributed by atoms with Gasteiger partial charge in [-0.3, -0.25) is 9.80 Å². The fraction of sp³-hybridized carbons (Fsp3) is 1.00. The molecule has 0 N–H and O–H groups in total. The first-order chi connectivity index (χ1) is 10.4. The number of hydrogen-bond donors (Lipinski definition) is 0. The predicted molar refractivity (Wildman–Crippen MR) is 87.5 cm³/mol. The smallest absolute Gasteiger partial charge is 0.268 e. The average Bonchev–Trinajstić information content (AvgIpc) is 2.36. The number of rotatable bonds is 3. The van der Waals surface area contributed by atoms with Crippen LogP contribution in [0.25, 0.3) is 0 Å². The largest absolute Gasteiger partial charge is 0.302 e. The van der Waals surface area contributed by atoms with Gasteiger partial charge in [0.15, 0.2) is 0 Å². The van der Waals surface area contributed by atoms with E-state index >= 15 is 0 Å². The molecule has 3 rings (SSSR count). The van der Waals surface area contributed by atoms with Crippen LogP contribution in [0.2, 0.25) is 0 Å². The fourth-order valence-electron chi connectivity index (χ4n) is 3.92. The van der Waals surface area contributed by atoms with Gasteiger partial charge in [0.1, 0.15) is 0 Å². The molecule has 3 aliphatic heterocycles. The maximum atomic E-state index is 14.6. The highest BCUT2D eigenvalue weighted by Gasteiger charge is 2.62. The number of likely N-dealkylation sites (tertiary alicyclic amines) is 3.